The second-order valence-electron chi connectivity index (χ2n) is 4.71. The minimum absolute atomic E-state index is 0.705. The molecule has 20 heavy (non-hydrogen) atoms. The molecule has 0 aliphatic heterocycles. The van der Waals surface area contributed by atoms with Crippen LogP contribution >= 0.6 is 0 Å². The Morgan fingerprint density at radius 3 is 2.30 bits per heavy atom. The van der Waals surface area contributed by atoms with Crippen LogP contribution in [-0.2, 0) is 0 Å². The van der Waals surface area contributed by atoms with Crippen molar-refractivity contribution in [2.75, 3.05) is 5.73 Å². The summed E-state index contributed by atoms with van der Waals surface area (Å²) in [5, 5.41) is 0. The average Bonchev–Trinajstić information content (AvgIpc) is 2.47. The van der Waals surface area contributed by atoms with Gasteiger partial charge in [-0.15, -0.1) is 0 Å². The first-order valence-electron chi connectivity index (χ1n) is 6.49. The van der Waals surface area contributed by atoms with Crippen LogP contribution in [0, 0.1) is 6.92 Å². The lowest BCUT2D eigenvalue weighted by atomic mass is 10.1. The number of aromatic nitrogens is 2. The molecule has 0 radical (unpaired) electrons. The molecule has 0 unspecified atom stereocenters. The summed E-state index contributed by atoms with van der Waals surface area (Å²) in [5.74, 6) is 0.705. The van der Waals surface area contributed by atoms with E-state index in [1.807, 2.05) is 67.6 Å². The number of nitrogens with zero attached hydrogens (tertiary/aromatic N) is 2. The highest BCUT2D eigenvalue weighted by atomic mass is 14.9. The van der Waals surface area contributed by atoms with E-state index >= 15 is 0 Å². The Balaban J connectivity index is 2.12. The SMILES string of the molecule is Cc1cc(-c2ccccc2)nc(-c2cccc(N)c2)n1. The van der Waals surface area contributed by atoms with Gasteiger partial charge in [-0.2, -0.15) is 0 Å². The molecule has 3 rings (SSSR count). The van der Waals surface area contributed by atoms with Gasteiger partial charge in [-0.25, -0.2) is 9.97 Å². The summed E-state index contributed by atoms with van der Waals surface area (Å²) in [6.07, 6.45) is 0. The third-order valence-corrected chi connectivity index (χ3v) is 3.07. The van der Waals surface area contributed by atoms with Crippen LogP contribution < -0.4 is 5.73 Å². The maximum atomic E-state index is 5.83. The van der Waals surface area contributed by atoms with Gasteiger partial charge in [0.25, 0.3) is 0 Å². The van der Waals surface area contributed by atoms with Crippen LogP contribution in [0.1, 0.15) is 5.69 Å². The number of aryl methyl sites for hydroxylation is 1. The highest BCUT2D eigenvalue weighted by Crippen LogP contribution is 2.23. The number of nitrogens with two attached hydrogens (primary N) is 1. The van der Waals surface area contributed by atoms with Crippen molar-refractivity contribution in [1.29, 1.82) is 0 Å². The number of benzene rings is 2. The maximum Gasteiger partial charge on any atom is 0.160 e. The van der Waals surface area contributed by atoms with Gasteiger partial charge >= 0.3 is 0 Å². The fourth-order valence-corrected chi connectivity index (χ4v) is 2.13. The molecule has 3 nitrogen and oxygen atoms in total. The van der Waals surface area contributed by atoms with Crippen LogP contribution in [-0.4, -0.2) is 9.97 Å². The molecule has 0 aliphatic carbocycles. The summed E-state index contributed by atoms with van der Waals surface area (Å²) in [7, 11) is 0. The fraction of sp³-hybridized carbons (Fsp3) is 0.0588. The Morgan fingerprint density at radius 2 is 1.55 bits per heavy atom. The van der Waals surface area contributed by atoms with Crippen molar-refractivity contribution in [3.63, 3.8) is 0 Å². The summed E-state index contributed by atoms with van der Waals surface area (Å²) in [6.45, 7) is 1.98. The van der Waals surface area contributed by atoms with E-state index in [9.17, 15) is 0 Å². The van der Waals surface area contributed by atoms with Crippen molar-refractivity contribution < 1.29 is 0 Å². The highest BCUT2D eigenvalue weighted by molar-refractivity contribution is 5.66. The average molecular weight is 261 g/mol. The molecule has 98 valence electrons. The molecule has 0 saturated carbocycles. The normalized spacial score (nSPS) is 10.4. The largest absolute Gasteiger partial charge is 0.399 e. The van der Waals surface area contributed by atoms with Crippen molar-refractivity contribution in [2.45, 2.75) is 6.92 Å². The third kappa shape index (κ3) is 2.52. The van der Waals surface area contributed by atoms with Gasteiger partial charge in [0.1, 0.15) is 0 Å². The van der Waals surface area contributed by atoms with E-state index in [1.54, 1.807) is 0 Å². The van der Waals surface area contributed by atoms with Crippen LogP contribution in [0.4, 0.5) is 5.69 Å². The van der Waals surface area contributed by atoms with E-state index in [0.717, 1.165) is 22.5 Å². The minimum Gasteiger partial charge on any atom is -0.399 e. The van der Waals surface area contributed by atoms with E-state index in [1.165, 1.54) is 0 Å². The molecule has 0 bridgehead atoms. The zero-order valence-electron chi connectivity index (χ0n) is 11.2. The Bertz CT molecular complexity index is 736. The van der Waals surface area contributed by atoms with Crippen LogP contribution in [0.15, 0.2) is 60.7 Å². The molecular formula is C17H15N3. The van der Waals surface area contributed by atoms with Crippen molar-refractivity contribution in [3.05, 3.63) is 66.4 Å². The Labute approximate surface area is 118 Å². The van der Waals surface area contributed by atoms with E-state index in [-0.39, 0.29) is 0 Å². The molecule has 2 N–H and O–H groups in total. The van der Waals surface area contributed by atoms with Gasteiger partial charge in [-0.3, -0.25) is 0 Å². The standard InChI is InChI=1S/C17H15N3/c1-12-10-16(13-6-3-2-4-7-13)20-17(19-12)14-8-5-9-15(18)11-14/h2-11H,18H2,1H3. The van der Waals surface area contributed by atoms with Gasteiger partial charge in [0.05, 0.1) is 5.69 Å². The van der Waals surface area contributed by atoms with E-state index < -0.39 is 0 Å². The monoisotopic (exact) mass is 261 g/mol. The molecule has 0 aliphatic rings. The summed E-state index contributed by atoms with van der Waals surface area (Å²) in [6, 6.07) is 19.7. The zero-order valence-corrected chi connectivity index (χ0v) is 11.2. The summed E-state index contributed by atoms with van der Waals surface area (Å²) >= 11 is 0. The number of nitrogen functional groups attached to an aromatic ring is 1. The van der Waals surface area contributed by atoms with Crippen molar-refractivity contribution in [2.24, 2.45) is 0 Å². The van der Waals surface area contributed by atoms with Gasteiger partial charge in [0, 0.05) is 22.5 Å². The van der Waals surface area contributed by atoms with E-state index in [0.29, 0.717) is 11.5 Å². The number of anilines is 1. The maximum absolute atomic E-state index is 5.83. The van der Waals surface area contributed by atoms with E-state index in [4.69, 9.17) is 5.73 Å². The minimum atomic E-state index is 0.705. The molecule has 1 aromatic heterocycles. The predicted molar refractivity (Wildman–Crippen MR) is 82.1 cm³/mol. The van der Waals surface area contributed by atoms with Crippen molar-refractivity contribution in [3.8, 4) is 22.6 Å². The Morgan fingerprint density at radius 1 is 0.800 bits per heavy atom. The first-order chi connectivity index (χ1) is 9.72. The van der Waals surface area contributed by atoms with Crippen LogP contribution in [0.25, 0.3) is 22.6 Å². The number of hydrogen-bond donors (Lipinski definition) is 1. The van der Waals surface area contributed by atoms with Gasteiger partial charge in [0.15, 0.2) is 5.82 Å². The van der Waals surface area contributed by atoms with Crippen LogP contribution in [0.2, 0.25) is 0 Å². The summed E-state index contributed by atoms with van der Waals surface area (Å²) < 4.78 is 0. The smallest absolute Gasteiger partial charge is 0.160 e. The van der Waals surface area contributed by atoms with Crippen LogP contribution in [0.5, 0.6) is 0 Å². The third-order valence-electron chi connectivity index (χ3n) is 3.07. The van der Waals surface area contributed by atoms with Gasteiger partial charge in [-0.1, -0.05) is 42.5 Å². The van der Waals surface area contributed by atoms with E-state index in [2.05, 4.69) is 9.97 Å². The lowest BCUT2D eigenvalue weighted by molar-refractivity contribution is 1.12. The van der Waals surface area contributed by atoms with Crippen LogP contribution in [0.3, 0.4) is 0 Å². The highest BCUT2D eigenvalue weighted by Gasteiger charge is 2.06. The van der Waals surface area contributed by atoms with Gasteiger partial charge in [-0.05, 0) is 25.1 Å². The molecule has 0 fully saturated rings. The van der Waals surface area contributed by atoms with Crippen molar-refractivity contribution >= 4 is 5.69 Å². The lowest BCUT2D eigenvalue weighted by Crippen LogP contribution is -1.95. The molecule has 0 saturated heterocycles. The number of hydrogen-bond acceptors (Lipinski definition) is 3. The summed E-state index contributed by atoms with van der Waals surface area (Å²) in [4.78, 5) is 9.15. The summed E-state index contributed by atoms with van der Waals surface area (Å²) in [5.41, 5.74) is 10.4. The number of rotatable bonds is 2. The lowest BCUT2D eigenvalue weighted by Gasteiger charge is -2.07. The van der Waals surface area contributed by atoms with Crippen molar-refractivity contribution in [1.82, 2.24) is 9.97 Å². The topological polar surface area (TPSA) is 51.8 Å². The Kier molecular flexibility index (Phi) is 3.17. The molecule has 1 heterocycles. The Hall–Kier alpha value is -2.68. The molecule has 3 heteroatoms. The van der Waals surface area contributed by atoms with Gasteiger partial charge in [0.2, 0.25) is 0 Å². The molecular weight excluding hydrogens is 246 g/mol. The molecule has 0 atom stereocenters. The molecule has 0 spiro atoms. The second kappa shape index (κ2) is 5.13. The first kappa shape index (κ1) is 12.4. The first-order valence-corrected chi connectivity index (χ1v) is 6.49. The predicted octanol–water partition coefficient (Wildman–Crippen LogP) is 3.70. The quantitative estimate of drug-likeness (QED) is 0.715. The van der Waals surface area contributed by atoms with Gasteiger partial charge < -0.3 is 5.73 Å². The molecule has 3 aromatic rings. The fourth-order valence-electron chi connectivity index (χ4n) is 2.13. The zero-order chi connectivity index (χ0) is 13.9. The molecule has 0 amide bonds. The second-order valence-corrected chi connectivity index (χ2v) is 4.71. The molecule has 2 aromatic carbocycles.